The van der Waals surface area contributed by atoms with Crippen molar-refractivity contribution >= 4 is 23.4 Å². The lowest BCUT2D eigenvalue weighted by Crippen LogP contribution is -2.12. The highest BCUT2D eigenvalue weighted by atomic mass is 32.2. The van der Waals surface area contributed by atoms with Crippen molar-refractivity contribution in [2.45, 2.75) is 30.9 Å². The number of hydrogen-bond acceptors (Lipinski definition) is 3. The Bertz CT molecular complexity index is 934. The molecule has 144 valence electrons. The minimum absolute atomic E-state index is 0.117. The number of benzene rings is 3. The van der Waals surface area contributed by atoms with Crippen LogP contribution in [0.2, 0.25) is 0 Å². The van der Waals surface area contributed by atoms with Gasteiger partial charge in [0.15, 0.2) is 0 Å². The Morgan fingerprint density at radius 3 is 2.36 bits per heavy atom. The van der Waals surface area contributed by atoms with Gasteiger partial charge >= 0.3 is 0 Å². The van der Waals surface area contributed by atoms with Crippen LogP contribution < -0.4 is 10.1 Å². The molecule has 3 aromatic rings. The molecule has 0 bridgehead atoms. The molecule has 3 nitrogen and oxygen atoms in total. The monoisotopic (exact) mass is 391 g/mol. The number of hydrogen-bond donors (Lipinski definition) is 1. The van der Waals surface area contributed by atoms with Gasteiger partial charge in [0.2, 0.25) is 0 Å². The van der Waals surface area contributed by atoms with E-state index in [9.17, 15) is 4.79 Å². The third-order valence-corrected chi connectivity index (χ3v) is 5.64. The van der Waals surface area contributed by atoms with Crippen molar-refractivity contribution in [1.29, 1.82) is 0 Å². The second kappa shape index (κ2) is 9.47. The van der Waals surface area contributed by atoms with Gasteiger partial charge in [-0.3, -0.25) is 4.79 Å². The molecule has 0 fully saturated rings. The SMILES string of the molecule is CCc1ccc(NC(=O)c2ccc(OC)c(CSc3ccc(C)cc3)c2)cc1. The van der Waals surface area contributed by atoms with Crippen LogP contribution in [0, 0.1) is 6.92 Å². The maximum Gasteiger partial charge on any atom is 0.255 e. The van der Waals surface area contributed by atoms with Gasteiger partial charge in [-0.05, 0) is 61.4 Å². The summed E-state index contributed by atoms with van der Waals surface area (Å²) < 4.78 is 5.49. The fourth-order valence-corrected chi connectivity index (χ4v) is 3.73. The molecule has 0 aliphatic carbocycles. The molecular weight excluding hydrogens is 366 g/mol. The van der Waals surface area contributed by atoms with Gasteiger partial charge in [0.05, 0.1) is 7.11 Å². The van der Waals surface area contributed by atoms with E-state index in [1.54, 1.807) is 24.9 Å². The molecule has 3 rings (SSSR count). The number of anilines is 1. The van der Waals surface area contributed by atoms with Gasteiger partial charge in [-0.15, -0.1) is 11.8 Å². The number of thioether (sulfide) groups is 1. The number of carbonyl (C=O) groups is 1. The summed E-state index contributed by atoms with van der Waals surface area (Å²) in [7, 11) is 1.66. The van der Waals surface area contributed by atoms with Crippen molar-refractivity contribution in [2.75, 3.05) is 12.4 Å². The topological polar surface area (TPSA) is 38.3 Å². The van der Waals surface area contributed by atoms with Gasteiger partial charge in [0.1, 0.15) is 5.75 Å². The molecule has 1 amide bonds. The van der Waals surface area contributed by atoms with Crippen molar-refractivity contribution in [3.63, 3.8) is 0 Å². The number of aryl methyl sites for hydroxylation is 2. The van der Waals surface area contributed by atoms with E-state index >= 15 is 0 Å². The number of ether oxygens (including phenoxy) is 1. The molecule has 0 saturated carbocycles. The van der Waals surface area contributed by atoms with Crippen LogP contribution in [0.25, 0.3) is 0 Å². The third-order valence-electron chi connectivity index (χ3n) is 4.58. The highest BCUT2D eigenvalue weighted by Crippen LogP contribution is 2.29. The molecule has 4 heteroatoms. The Balaban J connectivity index is 1.73. The van der Waals surface area contributed by atoms with Crippen LogP contribution in [0.5, 0.6) is 5.75 Å². The number of nitrogens with one attached hydrogen (secondary N) is 1. The van der Waals surface area contributed by atoms with Crippen LogP contribution in [0.15, 0.2) is 71.6 Å². The van der Waals surface area contributed by atoms with Crippen molar-refractivity contribution in [3.8, 4) is 5.75 Å². The molecule has 0 aliphatic rings. The molecule has 0 aliphatic heterocycles. The van der Waals surface area contributed by atoms with Crippen LogP contribution >= 0.6 is 11.8 Å². The largest absolute Gasteiger partial charge is 0.496 e. The van der Waals surface area contributed by atoms with Gasteiger partial charge in [-0.25, -0.2) is 0 Å². The minimum Gasteiger partial charge on any atom is -0.496 e. The quantitative estimate of drug-likeness (QED) is 0.494. The van der Waals surface area contributed by atoms with E-state index < -0.39 is 0 Å². The maximum atomic E-state index is 12.7. The van der Waals surface area contributed by atoms with E-state index in [0.717, 1.165) is 29.2 Å². The maximum absolute atomic E-state index is 12.7. The van der Waals surface area contributed by atoms with Gasteiger partial charge in [-0.1, -0.05) is 36.8 Å². The zero-order valence-corrected chi connectivity index (χ0v) is 17.3. The van der Waals surface area contributed by atoms with E-state index in [4.69, 9.17) is 4.74 Å². The number of amides is 1. The number of carbonyl (C=O) groups excluding carboxylic acids is 1. The Morgan fingerprint density at radius 1 is 1.00 bits per heavy atom. The van der Waals surface area contributed by atoms with Crippen LogP contribution in [-0.2, 0) is 12.2 Å². The summed E-state index contributed by atoms with van der Waals surface area (Å²) in [6, 6.07) is 22.0. The fourth-order valence-electron chi connectivity index (χ4n) is 2.86. The van der Waals surface area contributed by atoms with Gasteiger partial charge in [0, 0.05) is 27.5 Å². The predicted molar refractivity (Wildman–Crippen MR) is 118 cm³/mol. The lowest BCUT2D eigenvalue weighted by Gasteiger charge is -2.12. The first kappa shape index (κ1) is 20.0. The normalized spacial score (nSPS) is 10.5. The molecule has 1 N–H and O–H groups in total. The van der Waals surface area contributed by atoms with E-state index in [1.807, 2.05) is 36.4 Å². The summed E-state index contributed by atoms with van der Waals surface area (Å²) in [4.78, 5) is 13.9. The Morgan fingerprint density at radius 2 is 1.71 bits per heavy atom. The minimum atomic E-state index is -0.117. The second-order valence-electron chi connectivity index (χ2n) is 6.63. The van der Waals surface area contributed by atoms with Crippen molar-refractivity contribution in [3.05, 3.63) is 89.0 Å². The third kappa shape index (κ3) is 5.17. The molecule has 0 radical (unpaired) electrons. The molecule has 3 aromatic carbocycles. The molecule has 0 atom stereocenters. The fraction of sp³-hybridized carbons (Fsp3) is 0.208. The summed E-state index contributed by atoms with van der Waals surface area (Å²) in [5.74, 6) is 1.41. The van der Waals surface area contributed by atoms with E-state index in [0.29, 0.717) is 5.56 Å². The van der Waals surface area contributed by atoms with Crippen molar-refractivity contribution < 1.29 is 9.53 Å². The average Bonchev–Trinajstić information content (AvgIpc) is 2.73. The second-order valence-corrected chi connectivity index (χ2v) is 7.68. The zero-order valence-electron chi connectivity index (χ0n) is 16.5. The smallest absolute Gasteiger partial charge is 0.255 e. The van der Waals surface area contributed by atoms with E-state index in [1.165, 1.54) is 16.0 Å². The first-order valence-corrected chi connectivity index (χ1v) is 10.3. The van der Waals surface area contributed by atoms with Crippen LogP contribution in [-0.4, -0.2) is 13.0 Å². The molecule has 0 spiro atoms. The van der Waals surface area contributed by atoms with Gasteiger partial charge < -0.3 is 10.1 Å². The van der Waals surface area contributed by atoms with E-state index in [2.05, 4.69) is 43.4 Å². The Labute approximate surface area is 171 Å². The van der Waals surface area contributed by atoms with Crippen molar-refractivity contribution in [1.82, 2.24) is 0 Å². The predicted octanol–water partition coefficient (Wildman–Crippen LogP) is 6.11. The lowest BCUT2D eigenvalue weighted by atomic mass is 10.1. The first-order valence-electron chi connectivity index (χ1n) is 9.35. The molecule has 0 heterocycles. The number of methoxy groups -OCH3 is 1. The zero-order chi connectivity index (χ0) is 19.9. The van der Waals surface area contributed by atoms with E-state index in [-0.39, 0.29) is 5.91 Å². The standard InChI is InChI=1S/C24H25NO2S/c1-4-18-7-10-21(11-8-18)25-24(26)19-9-14-23(27-3)20(15-19)16-28-22-12-5-17(2)6-13-22/h5-15H,4,16H2,1-3H3,(H,25,26). The average molecular weight is 392 g/mol. The molecule has 28 heavy (non-hydrogen) atoms. The highest BCUT2D eigenvalue weighted by molar-refractivity contribution is 7.98. The Hall–Kier alpha value is -2.72. The molecule has 0 aromatic heterocycles. The Kier molecular flexibility index (Phi) is 6.77. The summed E-state index contributed by atoms with van der Waals surface area (Å²) in [5.41, 5.74) is 4.92. The van der Waals surface area contributed by atoms with Crippen LogP contribution in [0.1, 0.15) is 34.0 Å². The van der Waals surface area contributed by atoms with Gasteiger partial charge in [-0.2, -0.15) is 0 Å². The summed E-state index contributed by atoms with van der Waals surface area (Å²) in [6.45, 7) is 4.19. The van der Waals surface area contributed by atoms with Crippen LogP contribution in [0.3, 0.4) is 0 Å². The molecule has 0 unspecified atom stereocenters. The van der Waals surface area contributed by atoms with Gasteiger partial charge in [0.25, 0.3) is 5.91 Å². The number of rotatable bonds is 7. The molecular formula is C24H25NO2S. The first-order chi connectivity index (χ1) is 13.6. The highest BCUT2D eigenvalue weighted by Gasteiger charge is 2.11. The summed E-state index contributed by atoms with van der Waals surface area (Å²) in [5, 5.41) is 2.97. The summed E-state index contributed by atoms with van der Waals surface area (Å²) in [6.07, 6.45) is 0.981. The van der Waals surface area contributed by atoms with Crippen LogP contribution in [0.4, 0.5) is 5.69 Å². The van der Waals surface area contributed by atoms with Crippen molar-refractivity contribution in [2.24, 2.45) is 0 Å². The molecule has 0 saturated heterocycles. The lowest BCUT2D eigenvalue weighted by molar-refractivity contribution is 0.102. The summed E-state index contributed by atoms with van der Waals surface area (Å²) >= 11 is 1.73.